The van der Waals surface area contributed by atoms with E-state index in [1.807, 2.05) is 43.3 Å². The third-order valence-corrected chi connectivity index (χ3v) is 8.34. The standard InChI is InChI=1S/C25H34N4O4S/c1-21-2-8-24(9-3-21)34(31,32)29-14-12-28(13-15-29)20-22-4-6-23(7-5-22)25(30)26-10-11-27-16-18-33-19-17-27/h2-9H,10-20H2,1H3,(H,26,30). The summed E-state index contributed by atoms with van der Waals surface area (Å²) in [4.78, 5) is 17.3. The maximum atomic E-state index is 12.9. The predicted molar refractivity (Wildman–Crippen MR) is 131 cm³/mol. The topological polar surface area (TPSA) is 82.2 Å². The summed E-state index contributed by atoms with van der Waals surface area (Å²) in [6.07, 6.45) is 0. The summed E-state index contributed by atoms with van der Waals surface area (Å²) in [6.45, 7) is 9.77. The van der Waals surface area contributed by atoms with E-state index < -0.39 is 10.0 Å². The van der Waals surface area contributed by atoms with E-state index in [4.69, 9.17) is 4.74 Å². The quantitative estimate of drug-likeness (QED) is 0.610. The van der Waals surface area contributed by atoms with Gasteiger partial charge in [-0.1, -0.05) is 29.8 Å². The molecule has 184 valence electrons. The van der Waals surface area contributed by atoms with Crippen molar-refractivity contribution in [1.82, 2.24) is 19.4 Å². The van der Waals surface area contributed by atoms with Gasteiger partial charge >= 0.3 is 0 Å². The maximum Gasteiger partial charge on any atom is 0.251 e. The Hall–Kier alpha value is -2.30. The summed E-state index contributed by atoms with van der Waals surface area (Å²) >= 11 is 0. The minimum atomic E-state index is -3.45. The first kappa shape index (κ1) is 24.8. The summed E-state index contributed by atoms with van der Waals surface area (Å²) in [5, 5.41) is 2.99. The second-order valence-corrected chi connectivity index (χ2v) is 10.8. The Kier molecular flexibility index (Phi) is 8.33. The summed E-state index contributed by atoms with van der Waals surface area (Å²) in [5.74, 6) is -0.0604. The van der Waals surface area contributed by atoms with Crippen LogP contribution < -0.4 is 5.32 Å². The Morgan fingerprint density at radius 2 is 1.53 bits per heavy atom. The van der Waals surface area contributed by atoms with Gasteiger partial charge in [0.2, 0.25) is 10.0 Å². The van der Waals surface area contributed by atoms with Crippen molar-refractivity contribution in [3.05, 3.63) is 65.2 Å². The van der Waals surface area contributed by atoms with Crippen LogP contribution in [0.5, 0.6) is 0 Å². The normalized spacial score (nSPS) is 18.6. The number of amides is 1. The Bertz CT molecular complexity index is 1040. The number of carbonyl (C=O) groups excluding carboxylic acids is 1. The van der Waals surface area contributed by atoms with E-state index in [1.54, 1.807) is 16.4 Å². The maximum absolute atomic E-state index is 12.9. The highest BCUT2D eigenvalue weighted by molar-refractivity contribution is 7.89. The molecule has 2 saturated heterocycles. The number of rotatable bonds is 8. The second-order valence-electron chi connectivity index (χ2n) is 8.90. The molecule has 0 aromatic heterocycles. The van der Waals surface area contributed by atoms with Crippen molar-refractivity contribution in [3.63, 3.8) is 0 Å². The number of benzene rings is 2. The van der Waals surface area contributed by atoms with Crippen molar-refractivity contribution in [2.75, 3.05) is 65.6 Å². The summed E-state index contributed by atoms with van der Waals surface area (Å²) in [7, 11) is -3.45. The van der Waals surface area contributed by atoms with Crippen LogP contribution in [-0.2, 0) is 21.3 Å². The van der Waals surface area contributed by atoms with Gasteiger partial charge in [-0.3, -0.25) is 14.6 Å². The van der Waals surface area contributed by atoms with Crippen LogP contribution in [0, 0.1) is 6.92 Å². The molecule has 9 heteroatoms. The molecule has 0 unspecified atom stereocenters. The molecule has 0 aliphatic carbocycles. The van der Waals surface area contributed by atoms with Gasteiger partial charge < -0.3 is 10.1 Å². The summed E-state index contributed by atoms with van der Waals surface area (Å²) < 4.78 is 32.7. The molecule has 0 atom stereocenters. The van der Waals surface area contributed by atoms with Gasteiger partial charge in [-0.2, -0.15) is 4.31 Å². The van der Waals surface area contributed by atoms with Crippen LogP contribution in [0.15, 0.2) is 53.4 Å². The molecule has 1 amide bonds. The first-order valence-electron chi connectivity index (χ1n) is 11.9. The lowest BCUT2D eigenvalue weighted by Crippen LogP contribution is -2.48. The third-order valence-electron chi connectivity index (χ3n) is 6.43. The molecule has 2 aliphatic heterocycles. The average Bonchev–Trinajstić information content (AvgIpc) is 2.86. The third kappa shape index (κ3) is 6.43. The molecule has 0 spiro atoms. The molecular weight excluding hydrogens is 452 g/mol. The molecule has 2 aromatic rings. The van der Waals surface area contributed by atoms with E-state index in [-0.39, 0.29) is 5.91 Å². The largest absolute Gasteiger partial charge is 0.379 e. The zero-order valence-electron chi connectivity index (χ0n) is 19.8. The second kappa shape index (κ2) is 11.4. The van der Waals surface area contributed by atoms with Crippen molar-refractivity contribution in [1.29, 1.82) is 0 Å². The van der Waals surface area contributed by atoms with Gasteiger partial charge in [-0.15, -0.1) is 0 Å². The lowest BCUT2D eigenvalue weighted by atomic mass is 10.1. The van der Waals surface area contributed by atoms with Crippen molar-refractivity contribution in [2.45, 2.75) is 18.4 Å². The number of sulfonamides is 1. The molecule has 2 heterocycles. The fraction of sp³-hybridized carbons (Fsp3) is 0.480. The molecular formula is C25H34N4O4S. The van der Waals surface area contributed by atoms with Gasteiger partial charge in [-0.05, 0) is 36.8 Å². The number of piperazine rings is 1. The van der Waals surface area contributed by atoms with Crippen molar-refractivity contribution >= 4 is 15.9 Å². The van der Waals surface area contributed by atoms with Crippen LogP contribution in [0.2, 0.25) is 0 Å². The van der Waals surface area contributed by atoms with E-state index in [0.717, 1.165) is 50.5 Å². The lowest BCUT2D eigenvalue weighted by Gasteiger charge is -2.34. The Morgan fingerprint density at radius 3 is 2.18 bits per heavy atom. The van der Waals surface area contributed by atoms with Gasteiger partial charge in [0.15, 0.2) is 0 Å². The Balaban J connectivity index is 1.22. The molecule has 1 N–H and O–H groups in total. The van der Waals surface area contributed by atoms with Gasteiger partial charge in [-0.25, -0.2) is 8.42 Å². The highest BCUT2D eigenvalue weighted by Crippen LogP contribution is 2.19. The molecule has 34 heavy (non-hydrogen) atoms. The molecule has 0 radical (unpaired) electrons. The van der Waals surface area contributed by atoms with Crippen LogP contribution in [0.3, 0.4) is 0 Å². The zero-order chi connectivity index (χ0) is 24.0. The summed E-state index contributed by atoms with van der Waals surface area (Å²) in [5.41, 5.74) is 2.81. The van der Waals surface area contributed by atoms with Gasteiger partial charge in [0.05, 0.1) is 18.1 Å². The predicted octanol–water partition coefficient (Wildman–Crippen LogP) is 1.56. The van der Waals surface area contributed by atoms with E-state index >= 15 is 0 Å². The van der Waals surface area contributed by atoms with E-state index in [0.29, 0.717) is 43.2 Å². The molecule has 2 aromatic carbocycles. The van der Waals surface area contributed by atoms with Crippen LogP contribution in [-0.4, -0.2) is 94.0 Å². The number of nitrogens with zero attached hydrogens (tertiary/aromatic N) is 3. The first-order chi connectivity index (χ1) is 16.4. The van der Waals surface area contributed by atoms with E-state index in [2.05, 4.69) is 15.1 Å². The number of hydrogen-bond acceptors (Lipinski definition) is 6. The summed E-state index contributed by atoms with van der Waals surface area (Å²) in [6, 6.07) is 14.7. The molecule has 2 fully saturated rings. The van der Waals surface area contributed by atoms with Gasteiger partial charge in [0.25, 0.3) is 5.91 Å². The van der Waals surface area contributed by atoms with Crippen LogP contribution >= 0.6 is 0 Å². The first-order valence-corrected chi connectivity index (χ1v) is 13.3. The van der Waals surface area contributed by atoms with Crippen molar-refractivity contribution < 1.29 is 17.9 Å². The highest BCUT2D eigenvalue weighted by Gasteiger charge is 2.28. The number of morpholine rings is 1. The highest BCUT2D eigenvalue weighted by atomic mass is 32.2. The smallest absolute Gasteiger partial charge is 0.251 e. The number of nitrogens with one attached hydrogen (secondary N) is 1. The lowest BCUT2D eigenvalue weighted by molar-refractivity contribution is 0.0383. The van der Waals surface area contributed by atoms with E-state index in [1.165, 1.54) is 0 Å². The fourth-order valence-corrected chi connectivity index (χ4v) is 5.68. The molecule has 2 aliphatic rings. The van der Waals surface area contributed by atoms with Crippen LogP contribution in [0.4, 0.5) is 0 Å². The van der Waals surface area contributed by atoms with Crippen LogP contribution in [0.25, 0.3) is 0 Å². The number of carbonyl (C=O) groups is 1. The number of hydrogen-bond donors (Lipinski definition) is 1. The molecule has 0 saturated carbocycles. The zero-order valence-corrected chi connectivity index (χ0v) is 20.6. The Labute approximate surface area is 202 Å². The van der Waals surface area contributed by atoms with E-state index in [9.17, 15) is 13.2 Å². The number of aryl methyl sites for hydroxylation is 1. The fourth-order valence-electron chi connectivity index (χ4n) is 4.26. The van der Waals surface area contributed by atoms with Gasteiger partial charge in [0.1, 0.15) is 0 Å². The average molecular weight is 487 g/mol. The van der Waals surface area contributed by atoms with Crippen LogP contribution in [0.1, 0.15) is 21.5 Å². The SMILES string of the molecule is Cc1ccc(S(=O)(=O)N2CCN(Cc3ccc(C(=O)NCCN4CCOCC4)cc3)CC2)cc1. The molecule has 8 nitrogen and oxygen atoms in total. The van der Waals surface area contributed by atoms with Crippen molar-refractivity contribution in [3.8, 4) is 0 Å². The molecule has 4 rings (SSSR count). The number of ether oxygens (including phenoxy) is 1. The van der Waals surface area contributed by atoms with Gasteiger partial charge in [0, 0.05) is 64.5 Å². The minimum absolute atomic E-state index is 0.0604. The van der Waals surface area contributed by atoms with Crippen molar-refractivity contribution in [2.24, 2.45) is 0 Å². The Morgan fingerprint density at radius 1 is 0.882 bits per heavy atom. The molecule has 0 bridgehead atoms. The monoisotopic (exact) mass is 486 g/mol. The minimum Gasteiger partial charge on any atom is -0.379 e.